The number of halogens is 1. The summed E-state index contributed by atoms with van der Waals surface area (Å²) in [5, 5.41) is 3.46. The van der Waals surface area contributed by atoms with Crippen LogP contribution in [-0.4, -0.2) is 33.0 Å². The summed E-state index contributed by atoms with van der Waals surface area (Å²) in [7, 11) is -3.50. The summed E-state index contributed by atoms with van der Waals surface area (Å²) in [5.74, 6) is 0. The molecule has 0 aliphatic carbocycles. The molecule has 21 heavy (non-hydrogen) atoms. The Morgan fingerprint density at radius 2 is 2.05 bits per heavy atom. The van der Waals surface area contributed by atoms with Crippen molar-refractivity contribution in [1.82, 2.24) is 10.0 Å². The fourth-order valence-corrected chi connectivity index (χ4v) is 4.32. The molecule has 0 bridgehead atoms. The minimum atomic E-state index is -3.50. The molecule has 0 aromatic heterocycles. The second-order valence-electron chi connectivity index (χ2n) is 4.90. The number of sulfonamides is 1. The van der Waals surface area contributed by atoms with Gasteiger partial charge in [-0.15, -0.1) is 0 Å². The smallest absolute Gasteiger partial charge is 0.241 e. The first-order chi connectivity index (χ1) is 9.81. The molecule has 0 fully saturated rings. The number of thioether (sulfide) groups is 1. The maximum absolute atomic E-state index is 12.5. The van der Waals surface area contributed by atoms with Gasteiger partial charge in [0.25, 0.3) is 0 Å². The quantitative estimate of drug-likeness (QED) is 0.711. The van der Waals surface area contributed by atoms with Crippen molar-refractivity contribution in [2.75, 3.05) is 19.3 Å². The Morgan fingerprint density at radius 3 is 2.62 bits per heavy atom. The predicted molar refractivity (Wildman–Crippen MR) is 94.4 cm³/mol. The van der Waals surface area contributed by atoms with Crippen LogP contribution in [-0.2, 0) is 16.6 Å². The number of aryl methyl sites for hydroxylation is 1. The zero-order chi connectivity index (χ0) is 16.0. The average molecular weight is 395 g/mol. The minimum Gasteiger partial charge on any atom is -0.313 e. The average Bonchev–Trinajstić information content (AvgIpc) is 2.45. The first-order valence-electron chi connectivity index (χ1n) is 6.84. The molecule has 1 aromatic carbocycles. The van der Waals surface area contributed by atoms with Crippen molar-refractivity contribution in [3.63, 3.8) is 0 Å². The Hall–Kier alpha value is -0.0800. The summed E-state index contributed by atoms with van der Waals surface area (Å²) >= 11 is 5.03. The molecule has 4 nitrogen and oxygen atoms in total. The summed E-state index contributed by atoms with van der Waals surface area (Å²) in [4.78, 5) is 0.309. The normalized spacial score (nSPS) is 13.4. The Labute approximate surface area is 140 Å². The van der Waals surface area contributed by atoms with Crippen LogP contribution in [0.1, 0.15) is 25.0 Å². The van der Waals surface area contributed by atoms with E-state index in [1.54, 1.807) is 17.8 Å². The van der Waals surface area contributed by atoms with E-state index in [-0.39, 0.29) is 5.25 Å². The van der Waals surface area contributed by atoms with Crippen molar-refractivity contribution in [3.8, 4) is 0 Å². The molecule has 0 heterocycles. The van der Waals surface area contributed by atoms with Crippen molar-refractivity contribution in [2.24, 2.45) is 0 Å². The number of benzene rings is 1. The maximum Gasteiger partial charge on any atom is 0.241 e. The zero-order valence-electron chi connectivity index (χ0n) is 12.9. The molecule has 2 N–H and O–H groups in total. The van der Waals surface area contributed by atoms with Gasteiger partial charge in [-0.25, -0.2) is 13.1 Å². The highest BCUT2D eigenvalue weighted by molar-refractivity contribution is 9.10. The van der Waals surface area contributed by atoms with Gasteiger partial charge in [-0.05, 0) is 52.8 Å². The van der Waals surface area contributed by atoms with Gasteiger partial charge in [0.05, 0.1) is 4.90 Å². The van der Waals surface area contributed by atoms with Crippen LogP contribution in [0.15, 0.2) is 21.5 Å². The molecule has 0 aliphatic heterocycles. The Bertz CT molecular complexity index is 577. The van der Waals surface area contributed by atoms with E-state index >= 15 is 0 Å². The third kappa shape index (κ3) is 5.56. The van der Waals surface area contributed by atoms with Gasteiger partial charge < -0.3 is 5.32 Å². The molecule has 0 radical (unpaired) electrons. The van der Waals surface area contributed by atoms with E-state index in [1.165, 1.54) is 0 Å². The Balaban J connectivity index is 3.06. The highest BCUT2D eigenvalue weighted by atomic mass is 79.9. The molecule has 1 rings (SSSR count). The van der Waals surface area contributed by atoms with Gasteiger partial charge in [-0.1, -0.05) is 19.9 Å². The fraction of sp³-hybridized carbons (Fsp3) is 0.571. The molecule has 1 atom stereocenters. The largest absolute Gasteiger partial charge is 0.313 e. The standard InChI is InChI=1S/C14H23BrN2O2S2/c1-5-16-9-12-6-10(2)14(15)13(7-12)21(18,19)17-8-11(3)20-4/h6-7,11,16-17H,5,8-9H2,1-4H3. The van der Waals surface area contributed by atoms with E-state index in [1.807, 2.05) is 33.1 Å². The molecule has 120 valence electrons. The van der Waals surface area contributed by atoms with E-state index in [2.05, 4.69) is 26.0 Å². The van der Waals surface area contributed by atoms with Gasteiger partial charge in [0, 0.05) is 22.8 Å². The van der Waals surface area contributed by atoms with Gasteiger partial charge in [0.15, 0.2) is 0 Å². The van der Waals surface area contributed by atoms with Crippen molar-refractivity contribution in [2.45, 2.75) is 37.5 Å². The summed E-state index contributed by atoms with van der Waals surface area (Å²) in [6.45, 7) is 7.86. The van der Waals surface area contributed by atoms with Crippen LogP contribution >= 0.6 is 27.7 Å². The van der Waals surface area contributed by atoms with E-state index in [4.69, 9.17) is 0 Å². The molecular weight excluding hydrogens is 372 g/mol. The monoisotopic (exact) mass is 394 g/mol. The first kappa shape index (κ1) is 19.0. The number of hydrogen-bond acceptors (Lipinski definition) is 4. The lowest BCUT2D eigenvalue weighted by molar-refractivity contribution is 0.580. The molecule has 0 saturated heterocycles. The highest BCUT2D eigenvalue weighted by Crippen LogP contribution is 2.27. The molecule has 0 saturated carbocycles. The lowest BCUT2D eigenvalue weighted by Gasteiger charge is -2.14. The number of nitrogens with one attached hydrogen (secondary N) is 2. The Kier molecular flexibility index (Phi) is 7.70. The van der Waals surface area contributed by atoms with Crippen LogP contribution < -0.4 is 10.0 Å². The maximum atomic E-state index is 12.5. The molecule has 0 spiro atoms. The first-order valence-corrected chi connectivity index (χ1v) is 10.4. The zero-order valence-corrected chi connectivity index (χ0v) is 16.1. The highest BCUT2D eigenvalue weighted by Gasteiger charge is 2.20. The van der Waals surface area contributed by atoms with Crippen molar-refractivity contribution in [1.29, 1.82) is 0 Å². The second-order valence-corrected chi connectivity index (χ2v) is 8.71. The van der Waals surface area contributed by atoms with Crippen molar-refractivity contribution in [3.05, 3.63) is 27.7 Å². The molecule has 7 heteroatoms. The van der Waals surface area contributed by atoms with Gasteiger partial charge in [0.2, 0.25) is 10.0 Å². The third-order valence-corrected chi connectivity index (χ3v) is 6.85. The number of rotatable bonds is 8. The van der Waals surface area contributed by atoms with E-state index in [0.717, 1.165) is 17.7 Å². The topological polar surface area (TPSA) is 58.2 Å². The van der Waals surface area contributed by atoms with Crippen LogP contribution in [0, 0.1) is 6.92 Å². The molecule has 1 unspecified atom stereocenters. The summed E-state index contributed by atoms with van der Waals surface area (Å²) < 4.78 is 28.3. The van der Waals surface area contributed by atoms with Gasteiger partial charge in [-0.2, -0.15) is 11.8 Å². The minimum absolute atomic E-state index is 0.240. The van der Waals surface area contributed by atoms with Crippen LogP contribution in [0.2, 0.25) is 0 Å². The molecule has 1 aromatic rings. The van der Waals surface area contributed by atoms with Crippen LogP contribution in [0.4, 0.5) is 0 Å². The molecule has 0 amide bonds. The van der Waals surface area contributed by atoms with Crippen LogP contribution in [0.5, 0.6) is 0 Å². The van der Waals surface area contributed by atoms with Crippen molar-refractivity contribution < 1.29 is 8.42 Å². The van der Waals surface area contributed by atoms with Crippen molar-refractivity contribution >= 4 is 37.7 Å². The van der Waals surface area contributed by atoms with Gasteiger partial charge in [0.1, 0.15) is 0 Å². The van der Waals surface area contributed by atoms with Gasteiger partial charge in [-0.3, -0.25) is 0 Å². The molecular formula is C14H23BrN2O2S2. The third-order valence-electron chi connectivity index (χ3n) is 3.11. The summed E-state index contributed by atoms with van der Waals surface area (Å²) in [5.41, 5.74) is 1.89. The SMILES string of the molecule is CCNCc1cc(C)c(Br)c(S(=O)(=O)NCC(C)SC)c1. The van der Waals surface area contributed by atoms with E-state index in [9.17, 15) is 8.42 Å². The summed E-state index contributed by atoms with van der Waals surface area (Å²) in [6.07, 6.45) is 1.97. The van der Waals surface area contributed by atoms with E-state index in [0.29, 0.717) is 22.5 Å². The lowest BCUT2D eigenvalue weighted by Crippen LogP contribution is -2.30. The lowest BCUT2D eigenvalue weighted by atomic mass is 10.1. The van der Waals surface area contributed by atoms with Gasteiger partial charge >= 0.3 is 0 Å². The van der Waals surface area contributed by atoms with Crippen LogP contribution in [0.25, 0.3) is 0 Å². The predicted octanol–water partition coefficient (Wildman–Crippen LogP) is 2.90. The fourth-order valence-electron chi connectivity index (χ4n) is 1.76. The van der Waals surface area contributed by atoms with E-state index < -0.39 is 10.0 Å². The molecule has 0 aliphatic rings. The Morgan fingerprint density at radius 1 is 1.38 bits per heavy atom. The number of hydrogen-bond donors (Lipinski definition) is 2. The summed E-state index contributed by atoms with van der Waals surface area (Å²) in [6, 6.07) is 3.72. The van der Waals surface area contributed by atoms with Crippen LogP contribution in [0.3, 0.4) is 0 Å². The second kappa shape index (κ2) is 8.53.